The maximum atomic E-state index is 13.5. The first-order valence-electron chi connectivity index (χ1n) is 11.3. The van der Waals surface area contributed by atoms with E-state index in [2.05, 4.69) is 10.2 Å². The lowest BCUT2D eigenvalue weighted by molar-refractivity contribution is -0.479. The number of thioether (sulfide) groups is 1. The van der Waals surface area contributed by atoms with Crippen LogP contribution in [-0.2, 0) is 6.61 Å². The number of benzene rings is 3. The Hall–Kier alpha value is -3.63. The fourth-order valence-corrected chi connectivity index (χ4v) is 5.16. The van der Waals surface area contributed by atoms with Gasteiger partial charge >= 0.3 is 0 Å². The predicted molar refractivity (Wildman–Crippen MR) is 140 cm³/mol. The Morgan fingerprint density at radius 3 is 2.57 bits per heavy atom. The molecule has 1 atom stereocenters. The smallest absolute Gasteiger partial charge is 0.220 e. The average Bonchev–Trinajstić information content (AvgIpc) is 3.22. The third-order valence-electron chi connectivity index (χ3n) is 5.55. The van der Waals surface area contributed by atoms with E-state index in [0.29, 0.717) is 27.9 Å². The highest BCUT2D eigenvalue weighted by Gasteiger charge is 2.26. The molecule has 4 aromatic rings. The first-order chi connectivity index (χ1) is 17.7. The summed E-state index contributed by atoms with van der Waals surface area (Å²) in [6.07, 6.45) is 0. The molecule has 1 heterocycles. The average molecular weight is 543 g/mol. The molecule has 0 amide bonds. The van der Waals surface area contributed by atoms with Gasteiger partial charge in [-0.05, 0) is 61.4 Å². The van der Waals surface area contributed by atoms with E-state index in [-0.39, 0.29) is 34.7 Å². The van der Waals surface area contributed by atoms with Crippen molar-refractivity contribution in [2.45, 2.75) is 30.9 Å². The molecule has 4 rings (SSSR count). The summed E-state index contributed by atoms with van der Waals surface area (Å²) >= 11 is 7.76. The Morgan fingerprint density at radius 2 is 1.89 bits per heavy atom. The lowest BCUT2D eigenvalue weighted by Crippen LogP contribution is -2.12. The van der Waals surface area contributed by atoms with Crippen LogP contribution in [0.3, 0.4) is 0 Å². The standard InChI is InChI=1S/C26H24ClFN4O4S/c1-16-7-9-21(10-8-16)32-17(2)29-30-26(32)37-24(14-31(33)34)19-12-22(27)25(23(13-19)35-3)36-15-18-5-4-6-20(28)11-18/h4-13,24H,14-15H2,1-3H3/t24-/m0/s1. The van der Waals surface area contributed by atoms with Gasteiger partial charge in [0.15, 0.2) is 16.7 Å². The zero-order valence-corrected chi connectivity index (χ0v) is 21.9. The lowest BCUT2D eigenvalue weighted by atomic mass is 10.1. The first-order valence-corrected chi connectivity index (χ1v) is 12.5. The summed E-state index contributed by atoms with van der Waals surface area (Å²) in [5, 5.41) is 20.1. The van der Waals surface area contributed by atoms with Crippen LogP contribution in [0.1, 0.15) is 27.8 Å². The van der Waals surface area contributed by atoms with Crippen molar-refractivity contribution in [1.82, 2.24) is 14.8 Å². The number of methoxy groups -OCH3 is 1. The van der Waals surface area contributed by atoms with E-state index in [0.717, 1.165) is 11.3 Å². The third kappa shape index (κ3) is 6.39. The van der Waals surface area contributed by atoms with Crippen molar-refractivity contribution >= 4 is 23.4 Å². The van der Waals surface area contributed by atoms with E-state index >= 15 is 0 Å². The number of hydrogen-bond acceptors (Lipinski definition) is 7. The van der Waals surface area contributed by atoms with Crippen LogP contribution in [0.15, 0.2) is 65.8 Å². The third-order valence-corrected chi connectivity index (χ3v) is 7.01. The van der Waals surface area contributed by atoms with Gasteiger partial charge in [-0.15, -0.1) is 10.2 Å². The van der Waals surface area contributed by atoms with Gasteiger partial charge in [0.25, 0.3) is 0 Å². The fraction of sp³-hybridized carbons (Fsp3) is 0.231. The van der Waals surface area contributed by atoms with Crippen LogP contribution in [0.2, 0.25) is 5.02 Å². The Bertz CT molecular complexity index is 1410. The van der Waals surface area contributed by atoms with Crippen LogP contribution < -0.4 is 9.47 Å². The second kappa shape index (κ2) is 11.6. The van der Waals surface area contributed by atoms with Gasteiger partial charge in [-0.1, -0.05) is 53.2 Å². The summed E-state index contributed by atoms with van der Waals surface area (Å²) in [5.74, 6) is 0.857. The number of nitrogens with zero attached hydrogens (tertiary/aromatic N) is 4. The quantitative estimate of drug-likeness (QED) is 0.130. The molecule has 0 N–H and O–H groups in total. The lowest BCUT2D eigenvalue weighted by Gasteiger charge is -2.18. The molecule has 0 radical (unpaired) electrons. The SMILES string of the molecule is COc1cc([C@H](C[N+](=O)[O-])Sc2nnc(C)n2-c2ccc(C)cc2)cc(Cl)c1OCc1cccc(F)c1. The van der Waals surface area contributed by atoms with Gasteiger partial charge in [-0.3, -0.25) is 14.7 Å². The van der Waals surface area contributed by atoms with Gasteiger partial charge < -0.3 is 9.47 Å². The molecule has 192 valence electrons. The summed E-state index contributed by atoms with van der Waals surface area (Å²) in [6.45, 7) is 3.50. The zero-order chi connectivity index (χ0) is 26.5. The highest BCUT2D eigenvalue weighted by molar-refractivity contribution is 7.99. The maximum absolute atomic E-state index is 13.5. The number of halogens is 2. The fourth-order valence-electron chi connectivity index (χ4n) is 3.73. The Balaban J connectivity index is 1.65. The second-order valence-electron chi connectivity index (χ2n) is 8.28. The number of aryl methyl sites for hydroxylation is 2. The van der Waals surface area contributed by atoms with Crippen molar-refractivity contribution in [2.75, 3.05) is 13.7 Å². The van der Waals surface area contributed by atoms with Crippen molar-refractivity contribution in [3.63, 3.8) is 0 Å². The van der Waals surface area contributed by atoms with E-state index in [9.17, 15) is 14.5 Å². The molecule has 0 saturated heterocycles. The van der Waals surface area contributed by atoms with Gasteiger partial charge in [0.05, 0.1) is 12.1 Å². The van der Waals surface area contributed by atoms with Gasteiger partial charge in [0.2, 0.25) is 6.54 Å². The summed E-state index contributed by atoms with van der Waals surface area (Å²) < 4.78 is 26.7. The summed E-state index contributed by atoms with van der Waals surface area (Å²) in [7, 11) is 1.46. The Morgan fingerprint density at radius 1 is 1.14 bits per heavy atom. The number of rotatable bonds is 10. The molecule has 0 aliphatic rings. The van der Waals surface area contributed by atoms with Crippen LogP contribution in [-0.4, -0.2) is 33.3 Å². The molecule has 37 heavy (non-hydrogen) atoms. The van der Waals surface area contributed by atoms with E-state index in [1.54, 1.807) is 24.3 Å². The minimum Gasteiger partial charge on any atom is -0.493 e. The van der Waals surface area contributed by atoms with Crippen LogP contribution in [0.4, 0.5) is 4.39 Å². The Kier molecular flexibility index (Phi) is 8.30. The summed E-state index contributed by atoms with van der Waals surface area (Å²) in [4.78, 5) is 11.2. The molecule has 11 heteroatoms. The number of hydrogen-bond donors (Lipinski definition) is 0. The van der Waals surface area contributed by atoms with Crippen molar-refractivity contribution in [1.29, 1.82) is 0 Å². The molecule has 3 aromatic carbocycles. The molecule has 0 unspecified atom stereocenters. The molecule has 8 nitrogen and oxygen atoms in total. The van der Waals surface area contributed by atoms with Crippen molar-refractivity contribution in [2.24, 2.45) is 0 Å². The number of nitro groups is 1. The zero-order valence-electron chi connectivity index (χ0n) is 20.4. The maximum Gasteiger partial charge on any atom is 0.220 e. The number of aromatic nitrogens is 3. The highest BCUT2D eigenvalue weighted by atomic mass is 35.5. The van der Waals surface area contributed by atoms with E-state index in [1.807, 2.05) is 42.7 Å². The minimum absolute atomic E-state index is 0.0686. The normalized spacial score (nSPS) is 11.8. The van der Waals surface area contributed by atoms with Crippen molar-refractivity contribution in [3.05, 3.63) is 104 Å². The molecule has 1 aromatic heterocycles. The van der Waals surface area contributed by atoms with Crippen molar-refractivity contribution in [3.8, 4) is 17.2 Å². The first kappa shape index (κ1) is 26.4. The molecule has 0 bridgehead atoms. The minimum atomic E-state index is -0.647. The van der Waals surface area contributed by atoms with E-state index in [4.69, 9.17) is 21.1 Å². The van der Waals surface area contributed by atoms with E-state index in [1.165, 1.54) is 31.0 Å². The predicted octanol–water partition coefficient (Wildman–Crippen LogP) is 6.37. The number of ether oxygens (including phenoxy) is 2. The van der Waals surface area contributed by atoms with Gasteiger partial charge in [-0.2, -0.15) is 0 Å². The molecule has 0 aliphatic heterocycles. The molecule has 0 saturated carbocycles. The van der Waals surface area contributed by atoms with Crippen LogP contribution in [0, 0.1) is 29.8 Å². The van der Waals surface area contributed by atoms with E-state index < -0.39 is 5.25 Å². The molecule has 0 aliphatic carbocycles. The van der Waals surface area contributed by atoms with Crippen molar-refractivity contribution < 1.29 is 18.8 Å². The summed E-state index contributed by atoms with van der Waals surface area (Å²) in [5.41, 5.74) is 3.15. The highest BCUT2D eigenvalue weighted by Crippen LogP contribution is 2.43. The van der Waals surface area contributed by atoms with Gasteiger partial charge in [-0.25, -0.2) is 4.39 Å². The summed E-state index contributed by atoms with van der Waals surface area (Å²) in [6, 6.07) is 17.2. The van der Waals surface area contributed by atoms with Crippen LogP contribution in [0.25, 0.3) is 5.69 Å². The van der Waals surface area contributed by atoms with Crippen LogP contribution in [0.5, 0.6) is 11.5 Å². The second-order valence-corrected chi connectivity index (χ2v) is 9.85. The monoisotopic (exact) mass is 542 g/mol. The van der Waals surface area contributed by atoms with Gasteiger partial charge in [0.1, 0.15) is 23.5 Å². The van der Waals surface area contributed by atoms with Crippen LogP contribution >= 0.6 is 23.4 Å². The van der Waals surface area contributed by atoms with Gasteiger partial charge in [0, 0.05) is 10.6 Å². The topological polar surface area (TPSA) is 92.3 Å². The molecular formula is C26H24ClFN4O4S. The molecule has 0 fully saturated rings. The largest absolute Gasteiger partial charge is 0.493 e. The Labute approximate surface area is 222 Å². The molecule has 0 spiro atoms. The molecular weight excluding hydrogens is 519 g/mol.